The molecule has 0 unspecified atom stereocenters. The lowest BCUT2D eigenvalue weighted by molar-refractivity contribution is -0.122. The third-order valence-corrected chi connectivity index (χ3v) is 4.70. The van der Waals surface area contributed by atoms with Gasteiger partial charge < -0.3 is 0 Å². The lowest BCUT2D eigenvalue weighted by Crippen LogP contribution is -2.29. The average Bonchev–Trinajstić information content (AvgIpc) is 2.86. The Labute approximate surface area is 107 Å². The third-order valence-electron chi connectivity index (χ3n) is 2.55. The maximum atomic E-state index is 12.1. The standard InChI is InChI=1S/C11H9NOS3/c13-10-9(6-8-2-1-5-15-8)16-11(14)12(10)7-3-4-7/h1-2,5-7H,3-4H2/b9-6+. The van der Waals surface area contributed by atoms with E-state index in [9.17, 15) is 4.79 Å². The van der Waals surface area contributed by atoms with Gasteiger partial charge in [0.15, 0.2) is 0 Å². The fourth-order valence-corrected chi connectivity index (χ4v) is 3.75. The summed E-state index contributed by atoms with van der Waals surface area (Å²) in [5.74, 6) is 0.0888. The molecule has 2 aliphatic rings. The second-order valence-electron chi connectivity index (χ2n) is 3.80. The van der Waals surface area contributed by atoms with Crippen LogP contribution in [0.2, 0.25) is 0 Å². The Morgan fingerprint density at radius 1 is 1.50 bits per heavy atom. The quantitative estimate of drug-likeness (QED) is 0.606. The van der Waals surface area contributed by atoms with E-state index in [-0.39, 0.29) is 5.91 Å². The number of amides is 1. The van der Waals surface area contributed by atoms with Gasteiger partial charge in [0.1, 0.15) is 4.32 Å². The summed E-state index contributed by atoms with van der Waals surface area (Å²) in [6.07, 6.45) is 4.13. The summed E-state index contributed by atoms with van der Waals surface area (Å²) in [4.78, 5) is 15.7. The van der Waals surface area contributed by atoms with Gasteiger partial charge >= 0.3 is 0 Å². The van der Waals surface area contributed by atoms with Gasteiger partial charge in [-0.1, -0.05) is 30.0 Å². The first-order valence-electron chi connectivity index (χ1n) is 5.06. The molecule has 0 radical (unpaired) electrons. The summed E-state index contributed by atoms with van der Waals surface area (Å²) in [5.41, 5.74) is 0. The van der Waals surface area contributed by atoms with Gasteiger partial charge in [0.25, 0.3) is 5.91 Å². The van der Waals surface area contributed by atoms with Crippen molar-refractivity contribution in [2.75, 3.05) is 0 Å². The zero-order valence-corrected chi connectivity index (χ0v) is 10.8. The molecule has 2 nitrogen and oxygen atoms in total. The zero-order valence-electron chi connectivity index (χ0n) is 8.38. The molecular formula is C11H9NOS3. The Morgan fingerprint density at radius 2 is 2.31 bits per heavy atom. The van der Waals surface area contributed by atoms with Crippen molar-refractivity contribution >= 4 is 51.6 Å². The molecule has 3 rings (SSSR count). The van der Waals surface area contributed by atoms with Gasteiger partial charge in [-0.3, -0.25) is 9.69 Å². The summed E-state index contributed by atoms with van der Waals surface area (Å²) in [6.45, 7) is 0. The predicted octanol–water partition coefficient (Wildman–Crippen LogP) is 3.11. The van der Waals surface area contributed by atoms with Crippen molar-refractivity contribution in [3.05, 3.63) is 27.3 Å². The minimum Gasteiger partial charge on any atom is -0.290 e. The van der Waals surface area contributed by atoms with E-state index in [1.54, 1.807) is 16.2 Å². The molecule has 0 bridgehead atoms. The van der Waals surface area contributed by atoms with Crippen molar-refractivity contribution in [3.63, 3.8) is 0 Å². The van der Waals surface area contributed by atoms with E-state index in [1.165, 1.54) is 11.8 Å². The molecule has 0 spiro atoms. The molecule has 0 atom stereocenters. The predicted molar refractivity (Wildman–Crippen MR) is 72.4 cm³/mol. The Kier molecular flexibility index (Phi) is 2.61. The Bertz CT molecular complexity index is 473. The molecular weight excluding hydrogens is 258 g/mol. The monoisotopic (exact) mass is 267 g/mol. The minimum absolute atomic E-state index is 0.0888. The van der Waals surface area contributed by atoms with Crippen molar-refractivity contribution in [2.45, 2.75) is 18.9 Å². The van der Waals surface area contributed by atoms with Gasteiger partial charge in [0, 0.05) is 10.9 Å². The van der Waals surface area contributed by atoms with Crippen molar-refractivity contribution in [2.24, 2.45) is 0 Å². The van der Waals surface area contributed by atoms with Crippen molar-refractivity contribution < 1.29 is 4.79 Å². The van der Waals surface area contributed by atoms with Crippen LogP contribution in [0, 0.1) is 0 Å². The smallest absolute Gasteiger partial charge is 0.266 e. The molecule has 0 aromatic carbocycles. The van der Waals surface area contributed by atoms with E-state index < -0.39 is 0 Å². The second kappa shape index (κ2) is 3.98. The van der Waals surface area contributed by atoms with Crippen LogP contribution >= 0.6 is 35.3 Å². The SMILES string of the molecule is O=C1/C(=C\c2cccs2)SC(=S)N1C1CC1. The van der Waals surface area contributed by atoms with Gasteiger partial charge in [0.05, 0.1) is 4.91 Å². The maximum Gasteiger partial charge on any atom is 0.266 e. The molecule has 2 heterocycles. The van der Waals surface area contributed by atoms with Crippen LogP contribution in [0.1, 0.15) is 17.7 Å². The van der Waals surface area contributed by atoms with E-state index in [4.69, 9.17) is 12.2 Å². The largest absolute Gasteiger partial charge is 0.290 e. The van der Waals surface area contributed by atoms with Gasteiger partial charge in [-0.25, -0.2) is 0 Å². The van der Waals surface area contributed by atoms with Crippen LogP contribution in [0.5, 0.6) is 0 Å². The topological polar surface area (TPSA) is 20.3 Å². The molecule has 1 amide bonds. The molecule has 1 aromatic heterocycles. The summed E-state index contributed by atoms with van der Waals surface area (Å²) in [7, 11) is 0. The van der Waals surface area contributed by atoms with Crippen LogP contribution in [0.4, 0.5) is 0 Å². The molecule has 1 aromatic rings. The fraction of sp³-hybridized carbons (Fsp3) is 0.273. The molecule has 5 heteroatoms. The lowest BCUT2D eigenvalue weighted by Gasteiger charge is -2.11. The first-order chi connectivity index (χ1) is 7.75. The highest BCUT2D eigenvalue weighted by Crippen LogP contribution is 2.40. The van der Waals surface area contributed by atoms with E-state index in [0.717, 1.165) is 26.9 Å². The summed E-state index contributed by atoms with van der Waals surface area (Å²) < 4.78 is 0.718. The number of carbonyl (C=O) groups is 1. The Morgan fingerprint density at radius 3 is 2.94 bits per heavy atom. The molecule has 1 aliphatic heterocycles. The average molecular weight is 267 g/mol. The number of thioether (sulfide) groups is 1. The molecule has 2 fully saturated rings. The van der Waals surface area contributed by atoms with Crippen LogP contribution in [0.25, 0.3) is 6.08 Å². The normalized spacial score (nSPS) is 23.5. The van der Waals surface area contributed by atoms with Gasteiger partial charge in [0.2, 0.25) is 0 Å². The first-order valence-corrected chi connectivity index (χ1v) is 7.17. The number of nitrogens with zero attached hydrogens (tertiary/aromatic N) is 1. The van der Waals surface area contributed by atoms with E-state index >= 15 is 0 Å². The molecule has 0 N–H and O–H groups in total. The summed E-state index contributed by atoms with van der Waals surface area (Å²) >= 11 is 8.30. The molecule has 82 valence electrons. The Hall–Kier alpha value is -0.650. The highest BCUT2D eigenvalue weighted by Gasteiger charge is 2.41. The maximum absolute atomic E-state index is 12.1. The second-order valence-corrected chi connectivity index (χ2v) is 6.45. The van der Waals surface area contributed by atoms with Gasteiger partial charge in [-0.05, 0) is 30.4 Å². The van der Waals surface area contributed by atoms with Crippen LogP contribution in [0.15, 0.2) is 22.4 Å². The van der Waals surface area contributed by atoms with E-state index in [0.29, 0.717) is 6.04 Å². The van der Waals surface area contributed by atoms with E-state index in [1.807, 2.05) is 23.6 Å². The lowest BCUT2D eigenvalue weighted by atomic mass is 10.3. The number of carbonyl (C=O) groups excluding carboxylic acids is 1. The van der Waals surface area contributed by atoms with Crippen molar-refractivity contribution in [1.29, 1.82) is 0 Å². The fourth-order valence-electron chi connectivity index (χ4n) is 1.63. The number of hydrogen-bond acceptors (Lipinski definition) is 4. The van der Waals surface area contributed by atoms with Crippen LogP contribution in [0.3, 0.4) is 0 Å². The summed E-state index contributed by atoms with van der Waals surface area (Å²) in [6, 6.07) is 4.37. The van der Waals surface area contributed by atoms with Gasteiger partial charge in [-0.2, -0.15) is 0 Å². The number of rotatable bonds is 2. The number of thiophene rings is 1. The number of hydrogen-bond donors (Lipinski definition) is 0. The third kappa shape index (κ3) is 1.83. The highest BCUT2D eigenvalue weighted by molar-refractivity contribution is 8.26. The minimum atomic E-state index is 0.0888. The van der Waals surface area contributed by atoms with Crippen LogP contribution < -0.4 is 0 Å². The van der Waals surface area contributed by atoms with Crippen LogP contribution in [-0.2, 0) is 4.79 Å². The summed E-state index contributed by atoms with van der Waals surface area (Å²) in [5, 5.41) is 2.01. The first kappa shape index (κ1) is 10.5. The van der Waals surface area contributed by atoms with Gasteiger partial charge in [-0.15, -0.1) is 11.3 Å². The van der Waals surface area contributed by atoms with Crippen molar-refractivity contribution in [1.82, 2.24) is 4.90 Å². The Balaban J connectivity index is 1.88. The van der Waals surface area contributed by atoms with Crippen LogP contribution in [-0.4, -0.2) is 21.2 Å². The highest BCUT2D eigenvalue weighted by atomic mass is 32.2. The molecule has 16 heavy (non-hydrogen) atoms. The zero-order chi connectivity index (χ0) is 11.1. The number of thiocarbonyl (C=S) groups is 1. The van der Waals surface area contributed by atoms with E-state index in [2.05, 4.69) is 0 Å². The molecule has 1 saturated carbocycles. The van der Waals surface area contributed by atoms with Crippen molar-refractivity contribution in [3.8, 4) is 0 Å². The molecule has 1 saturated heterocycles. The molecule has 1 aliphatic carbocycles.